The van der Waals surface area contributed by atoms with E-state index in [0.29, 0.717) is 5.56 Å². The van der Waals surface area contributed by atoms with Crippen LogP contribution in [0, 0.1) is 17.1 Å². The summed E-state index contributed by atoms with van der Waals surface area (Å²) in [6.07, 6.45) is -4.73. The molecule has 2 aromatic rings. The summed E-state index contributed by atoms with van der Waals surface area (Å²) in [7, 11) is 0. The Balaban J connectivity index is 2.15. The second-order valence-corrected chi connectivity index (χ2v) is 4.36. The summed E-state index contributed by atoms with van der Waals surface area (Å²) >= 11 is 0. The molecule has 2 nitrogen and oxygen atoms in total. The van der Waals surface area contributed by atoms with Gasteiger partial charge in [0.15, 0.2) is 0 Å². The van der Waals surface area contributed by atoms with E-state index in [1.807, 2.05) is 6.07 Å². The van der Waals surface area contributed by atoms with Crippen molar-refractivity contribution in [3.05, 3.63) is 65.0 Å². The van der Waals surface area contributed by atoms with Crippen molar-refractivity contribution in [2.45, 2.75) is 12.7 Å². The zero-order chi connectivity index (χ0) is 15.5. The Kier molecular flexibility index (Phi) is 4.13. The van der Waals surface area contributed by atoms with Gasteiger partial charge in [-0.05, 0) is 35.9 Å². The molecule has 0 aliphatic rings. The number of benzene rings is 2. The monoisotopic (exact) mass is 294 g/mol. The normalized spacial score (nSPS) is 11.0. The van der Waals surface area contributed by atoms with Gasteiger partial charge in [-0.15, -0.1) is 0 Å². The lowest BCUT2D eigenvalue weighted by Crippen LogP contribution is -2.09. The molecule has 0 amide bonds. The van der Waals surface area contributed by atoms with Crippen molar-refractivity contribution in [3.63, 3.8) is 0 Å². The summed E-state index contributed by atoms with van der Waals surface area (Å²) < 4.78 is 50.9. The first kappa shape index (κ1) is 14.9. The topological polar surface area (TPSA) is 35.8 Å². The molecule has 1 N–H and O–H groups in total. The fraction of sp³-hybridized carbons (Fsp3) is 0.133. The van der Waals surface area contributed by atoms with Gasteiger partial charge >= 0.3 is 6.18 Å². The molecule has 0 saturated heterocycles. The standard InChI is InChI=1S/C15H10F4N2/c16-14-5-4-12(7-13(14)15(17,18)19)21-9-11-3-1-2-10(6-11)8-20/h1-7,21H,9H2. The molecule has 0 aliphatic carbocycles. The van der Waals surface area contributed by atoms with E-state index in [1.54, 1.807) is 24.3 Å². The van der Waals surface area contributed by atoms with E-state index in [4.69, 9.17) is 5.26 Å². The summed E-state index contributed by atoms with van der Waals surface area (Å²) in [4.78, 5) is 0. The van der Waals surface area contributed by atoms with Gasteiger partial charge in [0.25, 0.3) is 0 Å². The van der Waals surface area contributed by atoms with Gasteiger partial charge < -0.3 is 5.32 Å². The zero-order valence-electron chi connectivity index (χ0n) is 10.7. The van der Waals surface area contributed by atoms with Crippen LogP contribution in [0.3, 0.4) is 0 Å². The predicted octanol–water partition coefficient (Wildman–Crippen LogP) is 4.33. The summed E-state index contributed by atoms with van der Waals surface area (Å²) in [6, 6.07) is 11.4. The largest absolute Gasteiger partial charge is 0.419 e. The molecule has 21 heavy (non-hydrogen) atoms. The summed E-state index contributed by atoms with van der Waals surface area (Å²) in [6.45, 7) is 0.235. The molecule has 108 valence electrons. The maximum Gasteiger partial charge on any atom is 0.419 e. The fourth-order valence-corrected chi connectivity index (χ4v) is 1.81. The lowest BCUT2D eigenvalue weighted by molar-refractivity contribution is -0.139. The Bertz CT molecular complexity index is 687. The third-order valence-electron chi connectivity index (χ3n) is 2.82. The number of nitriles is 1. The second kappa shape index (κ2) is 5.83. The van der Waals surface area contributed by atoms with Gasteiger partial charge in [0.2, 0.25) is 0 Å². The number of alkyl halides is 3. The van der Waals surface area contributed by atoms with E-state index >= 15 is 0 Å². The molecule has 2 aromatic carbocycles. The summed E-state index contributed by atoms with van der Waals surface area (Å²) in [5, 5.41) is 11.5. The van der Waals surface area contributed by atoms with Crippen LogP contribution in [0.15, 0.2) is 42.5 Å². The van der Waals surface area contributed by atoms with Crippen molar-refractivity contribution in [2.75, 3.05) is 5.32 Å². The average molecular weight is 294 g/mol. The van der Waals surface area contributed by atoms with Crippen LogP contribution in [0.2, 0.25) is 0 Å². The van der Waals surface area contributed by atoms with Crippen LogP contribution < -0.4 is 5.32 Å². The molecule has 0 atom stereocenters. The number of nitrogens with zero attached hydrogens (tertiary/aromatic N) is 1. The van der Waals surface area contributed by atoms with Crippen molar-refractivity contribution in [1.82, 2.24) is 0 Å². The van der Waals surface area contributed by atoms with Crippen LogP contribution in [-0.2, 0) is 12.7 Å². The summed E-state index contributed by atoms with van der Waals surface area (Å²) in [5.41, 5.74) is 0.0562. The quantitative estimate of drug-likeness (QED) is 0.855. The molecule has 0 bridgehead atoms. The van der Waals surface area contributed by atoms with Crippen LogP contribution in [0.25, 0.3) is 0 Å². The third kappa shape index (κ3) is 3.72. The number of halogens is 4. The maximum absolute atomic E-state index is 13.1. The van der Waals surface area contributed by atoms with Gasteiger partial charge in [0, 0.05) is 12.2 Å². The van der Waals surface area contributed by atoms with E-state index in [0.717, 1.165) is 17.7 Å². The number of hydrogen-bond acceptors (Lipinski definition) is 2. The van der Waals surface area contributed by atoms with E-state index in [1.165, 1.54) is 6.07 Å². The number of hydrogen-bond donors (Lipinski definition) is 1. The number of anilines is 1. The Morgan fingerprint density at radius 3 is 2.52 bits per heavy atom. The zero-order valence-corrected chi connectivity index (χ0v) is 10.7. The van der Waals surface area contributed by atoms with Gasteiger partial charge in [-0.2, -0.15) is 18.4 Å². The van der Waals surface area contributed by atoms with Crippen molar-refractivity contribution >= 4 is 5.69 Å². The lowest BCUT2D eigenvalue weighted by atomic mass is 10.1. The first-order valence-corrected chi connectivity index (χ1v) is 6.00. The Labute approximate surface area is 118 Å². The van der Waals surface area contributed by atoms with Crippen molar-refractivity contribution in [2.24, 2.45) is 0 Å². The minimum Gasteiger partial charge on any atom is -0.381 e. The second-order valence-electron chi connectivity index (χ2n) is 4.36. The maximum atomic E-state index is 13.1. The molecule has 0 saturated carbocycles. The van der Waals surface area contributed by atoms with E-state index in [-0.39, 0.29) is 12.2 Å². The third-order valence-corrected chi connectivity index (χ3v) is 2.82. The van der Waals surface area contributed by atoms with Crippen LogP contribution >= 0.6 is 0 Å². The minimum absolute atomic E-state index is 0.158. The first-order chi connectivity index (χ1) is 9.90. The first-order valence-electron chi connectivity index (χ1n) is 6.00. The molecule has 0 unspecified atom stereocenters. The predicted molar refractivity (Wildman–Crippen MR) is 69.9 cm³/mol. The van der Waals surface area contributed by atoms with Crippen LogP contribution in [0.4, 0.5) is 23.2 Å². The van der Waals surface area contributed by atoms with E-state index in [2.05, 4.69) is 5.32 Å². The minimum atomic E-state index is -4.73. The molecule has 2 rings (SSSR count). The van der Waals surface area contributed by atoms with Crippen LogP contribution in [0.5, 0.6) is 0 Å². The van der Waals surface area contributed by atoms with Crippen LogP contribution in [0.1, 0.15) is 16.7 Å². The van der Waals surface area contributed by atoms with Gasteiger partial charge in [-0.3, -0.25) is 0 Å². The van der Waals surface area contributed by atoms with Crippen molar-refractivity contribution < 1.29 is 17.6 Å². The van der Waals surface area contributed by atoms with Crippen molar-refractivity contribution in [3.8, 4) is 6.07 Å². The molecule has 0 aromatic heterocycles. The number of nitrogens with one attached hydrogen (secondary N) is 1. The highest BCUT2D eigenvalue weighted by molar-refractivity contribution is 5.48. The molecular formula is C15H10F4N2. The highest BCUT2D eigenvalue weighted by Crippen LogP contribution is 2.33. The smallest absolute Gasteiger partial charge is 0.381 e. The van der Waals surface area contributed by atoms with Gasteiger partial charge in [0.1, 0.15) is 5.82 Å². The van der Waals surface area contributed by atoms with Gasteiger partial charge in [-0.1, -0.05) is 12.1 Å². The Hall–Kier alpha value is -2.55. The molecule has 0 spiro atoms. The van der Waals surface area contributed by atoms with Gasteiger partial charge in [-0.25, -0.2) is 4.39 Å². The van der Waals surface area contributed by atoms with E-state index < -0.39 is 17.6 Å². The molecule has 0 radical (unpaired) electrons. The molecule has 0 heterocycles. The highest BCUT2D eigenvalue weighted by Gasteiger charge is 2.34. The highest BCUT2D eigenvalue weighted by atomic mass is 19.4. The van der Waals surface area contributed by atoms with Gasteiger partial charge in [0.05, 0.1) is 17.2 Å². The SMILES string of the molecule is N#Cc1cccc(CNc2ccc(F)c(C(F)(F)F)c2)c1. The van der Waals surface area contributed by atoms with Crippen molar-refractivity contribution in [1.29, 1.82) is 5.26 Å². The fourth-order valence-electron chi connectivity index (χ4n) is 1.81. The molecule has 0 fully saturated rings. The average Bonchev–Trinajstić information content (AvgIpc) is 2.45. The van der Waals surface area contributed by atoms with E-state index in [9.17, 15) is 17.6 Å². The Morgan fingerprint density at radius 2 is 1.86 bits per heavy atom. The number of rotatable bonds is 3. The summed E-state index contributed by atoms with van der Waals surface area (Å²) in [5.74, 6) is -1.31. The van der Waals surface area contributed by atoms with Crippen LogP contribution in [-0.4, -0.2) is 0 Å². The molecule has 6 heteroatoms. The lowest BCUT2D eigenvalue weighted by Gasteiger charge is -2.11. The Morgan fingerprint density at radius 1 is 1.10 bits per heavy atom. The molecular weight excluding hydrogens is 284 g/mol. The molecule has 0 aliphatic heterocycles.